The van der Waals surface area contributed by atoms with Crippen LogP contribution in [0, 0.1) is 11.3 Å². The van der Waals surface area contributed by atoms with Crippen molar-refractivity contribution in [3.8, 4) is 6.07 Å². The third-order valence-corrected chi connectivity index (χ3v) is 4.16. The molecule has 20 heavy (non-hydrogen) atoms. The van der Waals surface area contributed by atoms with Gasteiger partial charge >= 0.3 is 0 Å². The molecule has 116 valence electrons. The predicted octanol–water partition coefficient (Wildman–Crippen LogP) is 2.55. The van der Waals surface area contributed by atoms with Crippen LogP contribution in [0.5, 0.6) is 0 Å². The van der Waals surface area contributed by atoms with E-state index in [1.165, 1.54) is 12.8 Å². The van der Waals surface area contributed by atoms with Crippen molar-refractivity contribution < 1.29 is 4.74 Å². The highest BCUT2D eigenvalue weighted by atomic mass is 16.5. The van der Waals surface area contributed by atoms with Gasteiger partial charge in [-0.2, -0.15) is 5.26 Å². The van der Waals surface area contributed by atoms with Gasteiger partial charge in [0.1, 0.15) is 5.54 Å². The Kier molecular flexibility index (Phi) is 7.50. The van der Waals surface area contributed by atoms with Gasteiger partial charge < -0.3 is 4.74 Å². The molecule has 0 aromatic rings. The van der Waals surface area contributed by atoms with Crippen LogP contribution in [0.4, 0.5) is 0 Å². The molecule has 0 spiro atoms. The summed E-state index contributed by atoms with van der Waals surface area (Å²) in [4.78, 5) is 2.45. The summed E-state index contributed by atoms with van der Waals surface area (Å²) in [5.74, 6) is 0. The molecule has 4 nitrogen and oxygen atoms in total. The van der Waals surface area contributed by atoms with E-state index >= 15 is 0 Å². The van der Waals surface area contributed by atoms with Crippen LogP contribution in [0.15, 0.2) is 0 Å². The molecule has 1 N–H and O–H groups in total. The van der Waals surface area contributed by atoms with Crippen molar-refractivity contribution in [1.29, 1.82) is 5.26 Å². The second-order valence-corrected chi connectivity index (χ2v) is 6.25. The maximum atomic E-state index is 9.34. The fourth-order valence-electron chi connectivity index (χ4n) is 2.67. The lowest BCUT2D eigenvalue weighted by Gasteiger charge is -2.28. The summed E-state index contributed by atoms with van der Waals surface area (Å²) in [6, 6.07) is 3.51. The highest BCUT2D eigenvalue weighted by Crippen LogP contribution is 2.24. The van der Waals surface area contributed by atoms with E-state index < -0.39 is 0 Å². The summed E-state index contributed by atoms with van der Waals surface area (Å²) in [5.41, 5.74) is -0.337. The summed E-state index contributed by atoms with van der Waals surface area (Å²) >= 11 is 0. The maximum Gasteiger partial charge on any atom is 0.104 e. The minimum atomic E-state index is -0.337. The van der Waals surface area contributed by atoms with Crippen LogP contribution in [0.1, 0.15) is 52.9 Å². The van der Waals surface area contributed by atoms with Crippen molar-refractivity contribution in [1.82, 2.24) is 10.2 Å². The molecule has 1 fully saturated rings. The van der Waals surface area contributed by atoms with Gasteiger partial charge in [-0.05, 0) is 59.0 Å². The molecule has 1 rings (SSSR count). The van der Waals surface area contributed by atoms with Gasteiger partial charge in [0.05, 0.1) is 12.7 Å². The Labute approximate surface area is 124 Å². The second kappa shape index (κ2) is 8.61. The first-order valence-corrected chi connectivity index (χ1v) is 7.96. The predicted molar refractivity (Wildman–Crippen MR) is 82.6 cm³/mol. The van der Waals surface area contributed by atoms with Gasteiger partial charge in [0, 0.05) is 19.2 Å². The smallest absolute Gasteiger partial charge is 0.104 e. The number of nitrogens with zero attached hydrogens (tertiary/aromatic N) is 2. The maximum absolute atomic E-state index is 9.34. The Morgan fingerprint density at radius 2 is 2.15 bits per heavy atom. The minimum Gasteiger partial charge on any atom is -0.383 e. The SMILES string of the molecule is CCN(CCCCC(C)(C#N)NC1CC1)C(C)COC. The highest BCUT2D eigenvalue weighted by molar-refractivity contribution is 5.06. The zero-order chi connectivity index (χ0) is 15.0. The fraction of sp³-hybridized carbons (Fsp3) is 0.938. The molecule has 1 saturated carbocycles. The average Bonchev–Trinajstić information content (AvgIpc) is 3.23. The molecule has 0 bridgehead atoms. The van der Waals surface area contributed by atoms with E-state index in [0.717, 1.165) is 39.0 Å². The van der Waals surface area contributed by atoms with E-state index in [-0.39, 0.29) is 5.54 Å². The molecule has 2 unspecified atom stereocenters. The molecule has 0 radical (unpaired) electrons. The van der Waals surface area contributed by atoms with Crippen LogP contribution in [0.3, 0.4) is 0 Å². The van der Waals surface area contributed by atoms with Crippen LogP contribution in [0.25, 0.3) is 0 Å². The summed E-state index contributed by atoms with van der Waals surface area (Å²) in [6.45, 7) is 9.37. The average molecular weight is 281 g/mol. The van der Waals surface area contributed by atoms with E-state index in [1.54, 1.807) is 7.11 Å². The first-order valence-electron chi connectivity index (χ1n) is 7.96. The van der Waals surface area contributed by atoms with E-state index in [0.29, 0.717) is 12.1 Å². The van der Waals surface area contributed by atoms with Crippen LogP contribution < -0.4 is 5.32 Å². The largest absolute Gasteiger partial charge is 0.383 e. The number of nitriles is 1. The molecular weight excluding hydrogens is 250 g/mol. The zero-order valence-corrected chi connectivity index (χ0v) is 13.6. The van der Waals surface area contributed by atoms with Crippen LogP contribution >= 0.6 is 0 Å². The third-order valence-electron chi connectivity index (χ3n) is 4.16. The van der Waals surface area contributed by atoms with Crippen molar-refractivity contribution in [2.75, 3.05) is 26.8 Å². The molecule has 1 aliphatic carbocycles. The third kappa shape index (κ3) is 6.21. The molecule has 0 heterocycles. The Hall–Kier alpha value is -0.630. The number of likely N-dealkylation sites (N-methyl/N-ethyl adjacent to an activating group) is 1. The highest BCUT2D eigenvalue weighted by Gasteiger charge is 2.31. The van der Waals surface area contributed by atoms with Gasteiger partial charge in [-0.1, -0.05) is 6.92 Å². The van der Waals surface area contributed by atoms with E-state index in [9.17, 15) is 5.26 Å². The molecule has 4 heteroatoms. The summed E-state index contributed by atoms with van der Waals surface area (Å²) in [7, 11) is 1.76. The first kappa shape index (κ1) is 17.4. The number of rotatable bonds is 11. The molecule has 0 saturated heterocycles. The van der Waals surface area contributed by atoms with E-state index in [2.05, 4.69) is 30.1 Å². The van der Waals surface area contributed by atoms with Gasteiger partial charge in [0.15, 0.2) is 0 Å². The number of unbranched alkanes of at least 4 members (excludes halogenated alkanes) is 1. The molecule has 0 aromatic carbocycles. The molecule has 1 aliphatic rings. The van der Waals surface area contributed by atoms with E-state index in [4.69, 9.17) is 4.74 Å². The van der Waals surface area contributed by atoms with Gasteiger partial charge in [-0.3, -0.25) is 10.2 Å². The van der Waals surface area contributed by atoms with Crippen molar-refractivity contribution >= 4 is 0 Å². The first-order chi connectivity index (χ1) is 9.54. The summed E-state index contributed by atoms with van der Waals surface area (Å²) < 4.78 is 5.22. The molecule has 0 aliphatic heterocycles. The Bertz CT molecular complexity index is 311. The second-order valence-electron chi connectivity index (χ2n) is 6.25. The monoisotopic (exact) mass is 281 g/mol. The fourth-order valence-corrected chi connectivity index (χ4v) is 2.67. The van der Waals surface area contributed by atoms with Crippen molar-refractivity contribution in [3.05, 3.63) is 0 Å². The molecule has 2 atom stereocenters. The molecular formula is C16H31N3O. The van der Waals surface area contributed by atoms with Crippen molar-refractivity contribution in [2.24, 2.45) is 0 Å². The Balaban J connectivity index is 2.23. The lowest BCUT2D eigenvalue weighted by atomic mass is 9.96. The van der Waals surface area contributed by atoms with Crippen LogP contribution in [-0.4, -0.2) is 49.3 Å². The van der Waals surface area contributed by atoms with E-state index in [1.807, 2.05) is 6.92 Å². The molecule has 0 aromatic heterocycles. The van der Waals surface area contributed by atoms with Crippen molar-refractivity contribution in [3.63, 3.8) is 0 Å². The Morgan fingerprint density at radius 3 is 2.65 bits per heavy atom. The lowest BCUT2D eigenvalue weighted by molar-refractivity contribution is 0.101. The van der Waals surface area contributed by atoms with Crippen LogP contribution in [-0.2, 0) is 4.74 Å². The summed E-state index contributed by atoms with van der Waals surface area (Å²) in [5, 5.41) is 12.8. The Morgan fingerprint density at radius 1 is 1.45 bits per heavy atom. The number of ether oxygens (including phenoxy) is 1. The van der Waals surface area contributed by atoms with Gasteiger partial charge in [0.2, 0.25) is 0 Å². The topological polar surface area (TPSA) is 48.3 Å². The number of hydrogen-bond donors (Lipinski definition) is 1. The zero-order valence-electron chi connectivity index (χ0n) is 13.6. The number of nitrogens with one attached hydrogen (secondary N) is 1. The normalized spacial score (nSPS) is 19.6. The summed E-state index contributed by atoms with van der Waals surface area (Å²) in [6.07, 6.45) is 5.65. The molecule has 0 amide bonds. The minimum absolute atomic E-state index is 0.337. The number of methoxy groups -OCH3 is 1. The van der Waals surface area contributed by atoms with Crippen molar-refractivity contribution in [2.45, 2.75) is 70.5 Å². The standard InChI is InChI=1S/C16H31N3O/c1-5-19(14(2)12-20-4)11-7-6-10-16(3,13-17)18-15-8-9-15/h14-15,18H,5-12H2,1-4H3. The quantitative estimate of drug-likeness (QED) is 0.591. The van der Waals surface area contributed by atoms with Gasteiger partial charge in [-0.15, -0.1) is 0 Å². The lowest BCUT2D eigenvalue weighted by Crippen LogP contribution is -2.42. The number of hydrogen-bond acceptors (Lipinski definition) is 4. The van der Waals surface area contributed by atoms with Gasteiger partial charge in [-0.25, -0.2) is 0 Å². The van der Waals surface area contributed by atoms with Crippen LogP contribution in [0.2, 0.25) is 0 Å². The van der Waals surface area contributed by atoms with Gasteiger partial charge in [0.25, 0.3) is 0 Å².